The molecule has 2 aromatic rings. The number of anilines is 1. The van der Waals surface area contributed by atoms with Gasteiger partial charge in [0.25, 0.3) is 0 Å². The molecule has 110 valence electrons. The van der Waals surface area contributed by atoms with Crippen molar-refractivity contribution in [3.05, 3.63) is 42.7 Å². The van der Waals surface area contributed by atoms with Crippen LogP contribution in [0.5, 0.6) is 0 Å². The van der Waals surface area contributed by atoms with Crippen LogP contribution in [0.4, 0.5) is 5.69 Å². The maximum Gasteiger partial charge on any atom is 0.159 e. The monoisotopic (exact) mass is 282 g/mol. The molecule has 0 radical (unpaired) electrons. The topological polar surface area (TPSA) is 41.0 Å². The summed E-state index contributed by atoms with van der Waals surface area (Å²) in [4.78, 5) is 11.3. The third-order valence-electron chi connectivity index (χ3n) is 4.00. The lowest BCUT2D eigenvalue weighted by atomic mass is 9.98. The number of rotatable bonds is 4. The van der Waals surface area contributed by atoms with Gasteiger partial charge in [0.2, 0.25) is 0 Å². The molecule has 1 aliphatic rings. The molecule has 4 nitrogen and oxygen atoms in total. The molecule has 21 heavy (non-hydrogen) atoms. The van der Waals surface area contributed by atoms with Crippen LogP contribution in [0.25, 0.3) is 11.4 Å². The fourth-order valence-electron chi connectivity index (χ4n) is 2.86. The molecule has 1 atom stereocenters. The molecule has 1 fully saturated rings. The van der Waals surface area contributed by atoms with E-state index in [1.165, 1.54) is 25.9 Å². The summed E-state index contributed by atoms with van der Waals surface area (Å²) in [6.07, 6.45) is 6.36. The summed E-state index contributed by atoms with van der Waals surface area (Å²) in [7, 11) is 2.20. The first-order valence-corrected chi connectivity index (χ1v) is 7.61. The maximum atomic E-state index is 4.44. The Bertz CT molecular complexity index is 553. The molecule has 2 heterocycles. The highest BCUT2D eigenvalue weighted by Crippen LogP contribution is 2.17. The molecule has 1 aromatic heterocycles. The fraction of sp³-hybridized carbons (Fsp3) is 0.412. The summed E-state index contributed by atoms with van der Waals surface area (Å²) in [6, 6.07) is 10.1. The third-order valence-corrected chi connectivity index (χ3v) is 4.00. The van der Waals surface area contributed by atoms with Gasteiger partial charge in [0, 0.05) is 18.7 Å². The van der Waals surface area contributed by atoms with Crippen LogP contribution >= 0.6 is 0 Å². The smallest absolute Gasteiger partial charge is 0.159 e. The van der Waals surface area contributed by atoms with Crippen molar-refractivity contribution in [3.63, 3.8) is 0 Å². The molecule has 1 aromatic carbocycles. The van der Waals surface area contributed by atoms with E-state index in [4.69, 9.17) is 0 Å². The molecule has 0 amide bonds. The first-order valence-electron chi connectivity index (χ1n) is 7.61. The predicted molar refractivity (Wildman–Crippen MR) is 86.2 cm³/mol. The van der Waals surface area contributed by atoms with E-state index in [-0.39, 0.29) is 0 Å². The first kappa shape index (κ1) is 14.0. The standard InChI is InChI=1S/C17H22N4/c1-21-9-5-6-14(13-21)10-18-16-11-19-17(20-12-16)15-7-3-2-4-8-15/h2-4,7-8,11-12,14,18H,5-6,9-10,13H2,1H3. The number of likely N-dealkylation sites (tertiary alicyclic amines) is 1. The molecule has 0 saturated carbocycles. The van der Waals surface area contributed by atoms with Crippen LogP contribution in [0, 0.1) is 5.92 Å². The lowest BCUT2D eigenvalue weighted by molar-refractivity contribution is 0.217. The van der Waals surface area contributed by atoms with Gasteiger partial charge in [0.05, 0.1) is 18.1 Å². The van der Waals surface area contributed by atoms with Crippen molar-refractivity contribution in [3.8, 4) is 11.4 Å². The second kappa shape index (κ2) is 6.68. The largest absolute Gasteiger partial charge is 0.382 e. The second-order valence-corrected chi connectivity index (χ2v) is 5.81. The minimum absolute atomic E-state index is 0.720. The van der Waals surface area contributed by atoms with Crippen LogP contribution in [0.2, 0.25) is 0 Å². The lowest BCUT2D eigenvalue weighted by Gasteiger charge is -2.29. The van der Waals surface area contributed by atoms with Crippen molar-refractivity contribution in [2.75, 3.05) is 32.0 Å². The van der Waals surface area contributed by atoms with Crippen LogP contribution in [0.15, 0.2) is 42.7 Å². The van der Waals surface area contributed by atoms with Crippen LogP contribution in [-0.4, -0.2) is 41.5 Å². The van der Waals surface area contributed by atoms with Gasteiger partial charge in [-0.05, 0) is 32.4 Å². The van der Waals surface area contributed by atoms with E-state index in [1.54, 1.807) is 0 Å². The summed E-state index contributed by atoms with van der Waals surface area (Å²) in [5, 5.41) is 3.46. The molecule has 0 bridgehead atoms. The quantitative estimate of drug-likeness (QED) is 0.936. The molecule has 4 heteroatoms. The summed E-state index contributed by atoms with van der Waals surface area (Å²) < 4.78 is 0. The Hall–Kier alpha value is -1.94. The Balaban J connectivity index is 1.57. The van der Waals surface area contributed by atoms with E-state index in [0.717, 1.165) is 29.5 Å². The third kappa shape index (κ3) is 3.79. The molecular weight excluding hydrogens is 260 g/mol. The number of aromatic nitrogens is 2. The van der Waals surface area contributed by atoms with Crippen molar-refractivity contribution in [2.45, 2.75) is 12.8 Å². The highest BCUT2D eigenvalue weighted by atomic mass is 15.1. The molecule has 1 saturated heterocycles. The first-order chi connectivity index (χ1) is 10.3. The molecule has 3 rings (SSSR count). The summed E-state index contributed by atoms with van der Waals surface area (Å²) in [5.74, 6) is 1.50. The van der Waals surface area contributed by atoms with Crippen LogP contribution in [0.3, 0.4) is 0 Å². The average Bonchev–Trinajstić information content (AvgIpc) is 2.54. The average molecular weight is 282 g/mol. The van der Waals surface area contributed by atoms with Crippen molar-refractivity contribution in [1.29, 1.82) is 0 Å². The van der Waals surface area contributed by atoms with E-state index in [9.17, 15) is 0 Å². The zero-order valence-electron chi connectivity index (χ0n) is 12.5. The van der Waals surface area contributed by atoms with E-state index < -0.39 is 0 Å². The van der Waals surface area contributed by atoms with E-state index in [2.05, 4.69) is 27.2 Å². The number of hydrogen-bond acceptors (Lipinski definition) is 4. The van der Waals surface area contributed by atoms with Gasteiger partial charge in [-0.15, -0.1) is 0 Å². The van der Waals surface area contributed by atoms with Crippen LogP contribution in [-0.2, 0) is 0 Å². The summed E-state index contributed by atoms with van der Waals surface area (Å²) in [6.45, 7) is 3.40. The minimum atomic E-state index is 0.720. The van der Waals surface area contributed by atoms with Crippen LogP contribution < -0.4 is 5.32 Å². The summed E-state index contributed by atoms with van der Waals surface area (Å²) >= 11 is 0. The predicted octanol–water partition coefficient (Wildman–Crippen LogP) is 2.90. The van der Waals surface area contributed by atoms with Crippen LogP contribution in [0.1, 0.15) is 12.8 Å². The Morgan fingerprint density at radius 3 is 2.67 bits per heavy atom. The normalized spacial score (nSPS) is 19.4. The molecule has 0 aliphatic carbocycles. The second-order valence-electron chi connectivity index (χ2n) is 5.81. The number of hydrogen-bond donors (Lipinski definition) is 1. The van der Waals surface area contributed by atoms with Gasteiger partial charge in [-0.1, -0.05) is 30.3 Å². The van der Waals surface area contributed by atoms with Crippen molar-refractivity contribution in [2.24, 2.45) is 5.92 Å². The Morgan fingerprint density at radius 2 is 1.95 bits per heavy atom. The number of piperidine rings is 1. The maximum absolute atomic E-state index is 4.44. The number of nitrogens with zero attached hydrogens (tertiary/aromatic N) is 3. The van der Waals surface area contributed by atoms with Gasteiger partial charge in [-0.25, -0.2) is 9.97 Å². The van der Waals surface area contributed by atoms with Gasteiger partial charge in [-0.3, -0.25) is 0 Å². The molecule has 1 N–H and O–H groups in total. The molecule has 1 aliphatic heterocycles. The van der Waals surface area contributed by atoms with E-state index >= 15 is 0 Å². The molecule has 0 spiro atoms. The molecule has 1 unspecified atom stereocenters. The Morgan fingerprint density at radius 1 is 1.19 bits per heavy atom. The number of nitrogens with one attached hydrogen (secondary N) is 1. The van der Waals surface area contributed by atoms with Crippen molar-refractivity contribution < 1.29 is 0 Å². The Kier molecular flexibility index (Phi) is 4.46. The van der Waals surface area contributed by atoms with Gasteiger partial charge < -0.3 is 10.2 Å². The van der Waals surface area contributed by atoms with Gasteiger partial charge >= 0.3 is 0 Å². The lowest BCUT2D eigenvalue weighted by Crippen LogP contribution is -2.35. The van der Waals surface area contributed by atoms with Gasteiger partial charge in [0.1, 0.15) is 0 Å². The minimum Gasteiger partial charge on any atom is -0.382 e. The summed E-state index contributed by atoms with van der Waals surface area (Å²) in [5.41, 5.74) is 2.06. The SMILES string of the molecule is CN1CCCC(CNc2cnc(-c3ccccc3)nc2)C1. The highest BCUT2D eigenvalue weighted by Gasteiger charge is 2.16. The Labute approximate surface area is 126 Å². The zero-order chi connectivity index (χ0) is 14.5. The van der Waals surface area contributed by atoms with Crippen molar-refractivity contribution >= 4 is 5.69 Å². The van der Waals surface area contributed by atoms with E-state index in [1.807, 2.05) is 42.7 Å². The van der Waals surface area contributed by atoms with E-state index in [0.29, 0.717) is 0 Å². The zero-order valence-corrected chi connectivity index (χ0v) is 12.5. The van der Waals surface area contributed by atoms with Crippen molar-refractivity contribution in [1.82, 2.24) is 14.9 Å². The van der Waals surface area contributed by atoms with Gasteiger partial charge in [0.15, 0.2) is 5.82 Å². The fourth-order valence-corrected chi connectivity index (χ4v) is 2.86. The van der Waals surface area contributed by atoms with Gasteiger partial charge in [-0.2, -0.15) is 0 Å². The number of benzene rings is 1. The highest BCUT2D eigenvalue weighted by molar-refractivity contribution is 5.55. The molecular formula is C17H22N4.